The number of hydrogen-bond acceptors (Lipinski definition) is 4. The lowest BCUT2D eigenvalue weighted by molar-refractivity contribution is 0.200. The Balaban J connectivity index is 1.58. The van der Waals surface area contributed by atoms with Crippen LogP contribution in [0.5, 0.6) is 11.5 Å². The van der Waals surface area contributed by atoms with Crippen molar-refractivity contribution in [3.8, 4) is 22.8 Å². The molecule has 152 valence electrons. The van der Waals surface area contributed by atoms with Crippen LogP contribution in [0, 0.1) is 13.8 Å². The van der Waals surface area contributed by atoms with Crippen LogP contribution in [0.25, 0.3) is 16.9 Å². The number of amides is 1. The van der Waals surface area contributed by atoms with Crippen molar-refractivity contribution in [1.29, 1.82) is 0 Å². The summed E-state index contributed by atoms with van der Waals surface area (Å²) in [6.45, 7) is 4.36. The van der Waals surface area contributed by atoms with Gasteiger partial charge in [0, 0.05) is 11.8 Å². The van der Waals surface area contributed by atoms with Crippen LogP contribution < -0.4 is 14.8 Å². The number of fused-ring (bicyclic) bond motifs is 1. The second-order valence-corrected chi connectivity index (χ2v) is 7.13. The molecule has 0 bridgehead atoms. The standard InChI is InChI=1S/C24H23N3O3/c1-16-4-7-18(8-5-16)23-21(27-15-17(2)6-13-22(27)26-23)14-25-24(28)30-20-11-9-19(29-3)10-12-20/h4-13,15H,14H2,1-3H3,(H,25,28). The highest BCUT2D eigenvalue weighted by Crippen LogP contribution is 2.25. The molecule has 4 rings (SSSR count). The molecular weight excluding hydrogens is 378 g/mol. The number of benzene rings is 2. The Morgan fingerprint density at radius 2 is 1.60 bits per heavy atom. The highest BCUT2D eigenvalue weighted by molar-refractivity contribution is 5.72. The molecule has 6 nitrogen and oxygen atoms in total. The molecule has 2 aromatic carbocycles. The lowest BCUT2D eigenvalue weighted by atomic mass is 10.1. The first-order chi connectivity index (χ1) is 14.5. The molecule has 4 aromatic rings. The van der Waals surface area contributed by atoms with E-state index in [9.17, 15) is 4.79 Å². The molecule has 0 aliphatic carbocycles. The van der Waals surface area contributed by atoms with Gasteiger partial charge in [0.15, 0.2) is 0 Å². The topological polar surface area (TPSA) is 64.9 Å². The van der Waals surface area contributed by atoms with Crippen molar-refractivity contribution >= 4 is 11.7 Å². The molecule has 1 amide bonds. The molecule has 0 saturated carbocycles. The van der Waals surface area contributed by atoms with E-state index in [4.69, 9.17) is 14.5 Å². The summed E-state index contributed by atoms with van der Waals surface area (Å²) >= 11 is 0. The fourth-order valence-electron chi connectivity index (χ4n) is 3.25. The first-order valence-electron chi connectivity index (χ1n) is 9.68. The summed E-state index contributed by atoms with van der Waals surface area (Å²) in [6.07, 6.45) is 1.49. The summed E-state index contributed by atoms with van der Waals surface area (Å²) in [5.41, 5.74) is 5.85. The van der Waals surface area contributed by atoms with E-state index in [1.807, 2.05) is 41.8 Å². The maximum absolute atomic E-state index is 12.4. The minimum atomic E-state index is -0.530. The number of methoxy groups -OCH3 is 1. The van der Waals surface area contributed by atoms with Crippen molar-refractivity contribution in [2.24, 2.45) is 0 Å². The van der Waals surface area contributed by atoms with Crippen molar-refractivity contribution < 1.29 is 14.3 Å². The van der Waals surface area contributed by atoms with Crippen LogP contribution in [0.2, 0.25) is 0 Å². The highest BCUT2D eigenvalue weighted by Gasteiger charge is 2.16. The van der Waals surface area contributed by atoms with Gasteiger partial charge >= 0.3 is 6.09 Å². The molecule has 0 aliphatic rings. The predicted octanol–water partition coefficient (Wildman–Crippen LogP) is 4.92. The number of nitrogens with one attached hydrogen (secondary N) is 1. The van der Waals surface area contributed by atoms with E-state index in [0.29, 0.717) is 11.5 Å². The van der Waals surface area contributed by atoms with E-state index in [0.717, 1.165) is 28.2 Å². The third-order valence-electron chi connectivity index (χ3n) is 4.86. The predicted molar refractivity (Wildman–Crippen MR) is 116 cm³/mol. The number of ether oxygens (including phenoxy) is 2. The highest BCUT2D eigenvalue weighted by atomic mass is 16.6. The number of pyridine rings is 1. The van der Waals surface area contributed by atoms with Crippen molar-refractivity contribution in [1.82, 2.24) is 14.7 Å². The summed E-state index contributed by atoms with van der Waals surface area (Å²) in [7, 11) is 1.59. The average molecular weight is 401 g/mol. The minimum absolute atomic E-state index is 0.281. The maximum Gasteiger partial charge on any atom is 0.412 e. The van der Waals surface area contributed by atoms with E-state index in [2.05, 4.69) is 24.4 Å². The van der Waals surface area contributed by atoms with Crippen LogP contribution in [-0.2, 0) is 6.54 Å². The number of aromatic nitrogens is 2. The summed E-state index contributed by atoms with van der Waals surface area (Å²) in [5, 5.41) is 2.84. The summed E-state index contributed by atoms with van der Waals surface area (Å²) in [4.78, 5) is 17.2. The number of carbonyl (C=O) groups is 1. The van der Waals surface area contributed by atoms with E-state index >= 15 is 0 Å². The Hall–Kier alpha value is -3.80. The normalized spacial score (nSPS) is 10.8. The van der Waals surface area contributed by atoms with Gasteiger partial charge in [0.2, 0.25) is 0 Å². The number of hydrogen-bond donors (Lipinski definition) is 1. The second-order valence-electron chi connectivity index (χ2n) is 7.13. The summed E-state index contributed by atoms with van der Waals surface area (Å²) < 4.78 is 12.5. The number of nitrogens with zero attached hydrogens (tertiary/aromatic N) is 2. The molecule has 1 N–H and O–H groups in total. The van der Waals surface area contributed by atoms with Gasteiger partial charge in [-0.25, -0.2) is 9.78 Å². The number of imidazole rings is 1. The van der Waals surface area contributed by atoms with E-state index in [1.165, 1.54) is 5.56 Å². The molecule has 0 atom stereocenters. The summed E-state index contributed by atoms with van der Waals surface area (Å²) in [6, 6.07) is 19.1. The molecule has 0 unspecified atom stereocenters. The number of aryl methyl sites for hydroxylation is 2. The van der Waals surface area contributed by atoms with Crippen LogP contribution in [0.1, 0.15) is 16.8 Å². The van der Waals surface area contributed by atoms with Gasteiger partial charge in [0.05, 0.1) is 25.0 Å². The molecule has 0 spiro atoms. The summed E-state index contributed by atoms with van der Waals surface area (Å²) in [5.74, 6) is 1.15. The van der Waals surface area contributed by atoms with E-state index < -0.39 is 6.09 Å². The van der Waals surface area contributed by atoms with Crippen LogP contribution in [0.3, 0.4) is 0 Å². The quantitative estimate of drug-likeness (QED) is 0.516. The molecule has 30 heavy (non-hydrogen) atoms. The monoisotopic (exact) mass is 401 g/mol. The smallest absolute Gasteiger partial charge is 0.412 e. The first-order valence-corrected chi connectivity index (χ1v) is 9.68. The van der Waals surface area contributed by atoms with Crippen LogP contribution in [0.4, 0.5) is 4.79 Å². The Bertz CT molecular complexity index is 1180. The van der Waals surface area contributed by atoms with Crippen molar-refractivity contribution in [2.45, 2.75) is 20.4 Å². The lowest BCUT2D eigenvalue weighted by Gasteiger charge is -2.09. The fraction of sp³-hybridized carbons (Fsp3) is 0.167. The Morgan fingerprint density at radius 3 is 2.30 bits per heavy atom. The molecule has 6 heteroatoms. The van der Waals surface area contributed by atoms with Crippen molar-refractivity contribution in [3.05, 3.63) is 83.7 Å². The zero-order chi connectivity index (χ0) is 21.1. The zero-order valence-corrected chi connectivity index (χ0v) is 17.2. The molecule has 0 aliphatic heterocycles. The number of rotatable bonds is 5. The van der Waals surface area contributed by atoms with Gasteiger partial charge in [0.1, 0.15) is 17.1 Å². The third-order valence-corrected chi connectivity index (χ3v) is 4.86. The molecule has 0 saturated heterocycles. The zero-order valence-electron chi connectivity index (χ0n) is 17.2. The van der Waals surface area contributed by atoms with Gasteiger partial charge in [-0.15, -0.1) is 0 Å². The second kappa shape index (κ2) is 8.29. The van der Waals surface area contributed by atoms with Gasteiger partial charge in [-0.2, -0.15) is 0 Å². The fourth-order valence-corrected chi connectivity index (χ4v) is 3.25. The minimum Gasteiger partial charge on any atom is -0.497 e. The van der Waals surface area contributed by atoms with Gasteiger partial charge in [-0.05, 0) is 49.7 Å². The Kier molecular flexibility index (Phi) is 5.39. The molecular formula is C24H23N3O3. The van der Waals surface area contributed by atoms with Gasteiger partial charge in [-0.3, -0.25) is 0 Å². The maximum atomic E-state index is 12.4. The van der Waals surface area contributed by atoms with Crippen LogP contribution in [-0.4, -0.2) is 22.6 Å². The molecule has 0 fully saturated rings. The van der Waals surface area contributed by atoms with Crippen LogP contribution >= 0.6 is 0 Å². The first kappa shape index (κ1) is 19.5. The largest absolute Gasteiger partial charge is 0.497 e. The third kappa shape index (κ3) is 4.12. The molecule has 2 heterocycles. The van der Waals surface area contributed by atoms with Crippen molar-refractivity contribution in [3.63, 3.8) is 0 Å². The van der Waals surface area contributed by atoms with E-state index in [-0.39, 0.29) is 6.54 Å². The van der Waals surface area contributed by atoms with Crippen LogP contribution in [0.15, 0.2) is 66.9 Å². The van der Waals surface area contributed by atoms with Crippen molar-refractivity contribution in [2.75, 3.05) is 7.11 Å². The molecule has 0 radical (unpaired) electrons. The molecule has 2 aromatic heterocycles. The lowest BCUT2D eigenvalue weighted by Crippen LogP contribution is -2.27. The Labute approximate surface area is 175 Å². The van der Waals surface area contributed by atoms with E-state index in [1.54, 1.807) is 31.4 Å². The van der Waals surface area contributed by atoms with Gasteiger partial charge in [-0.1, -0.05) is 35.9 Å². The van der Waals surface area contributed by atoms with Gasteiger partial charge in [0.25, 0.3) is 0 Å². The van der Waals surface area contributed by atoms with Gasteiger partial charge < -0.3 is 19.2 Å². The SMILES string of the molecule is COc1ccc(OC(=O)NCc2c(-c3ccc(C)cc3)nc3ccc(C)cn23)cc1. The average Bonchev–Trinajstić information content (AvgIpc) is 3.11. The Morgan fingerprint density at radius 1 is 0.933 bits per heavy atom. The number of carbonyl (C=O) groups excluding carboxylic acids is 1.